The van der Waals surface area contributed by atoms with Crippen molar-refractivity contribution in [2.24, 2.45) is 10.9 Å². The molecular formula is C26H25N4O4SSi. The van der Waals surface area contributed by atoms with E-state index in [2.05, 4.69) is 21.3 Å². The van der Waals surface area contributed by atoms with E-state index in [1.807, 2.05) is 30.3 Å². The molecule has 2 aliphatic heterocycles. The van der Waals surface area contributed by atoms with Gasteiger partial charge in [0.15, 0.2) is 0 Å². The average Bonchev–Trinajstić information content (AvgIpc) is 3.53. The maximum absolute atomic E-state index is 13.4. The molecule has 0 bridgehead atoms. The highest BCUT2D eigenvalue weighted by atomic mass is 32.1. The Balaban J connectivity index is 1.55. The van der Waals surface area contributed by atoms with E-state index in [9.17, 15) is 14.9 Å². The second kappa shape index (κ2) is 9.98. The molecule has 2 aliphatic rings. The number of benzene rings is 1. The third-order valence-corrected chi connectivity index (χ3v) is 7.87. The zero-order valence-corrected chi connectivity index (χ0v) is 22.1. The summed E-state index contributed by atoms with van der Waals surface area (Å²) < 4.78 is 11.1. The molecule has 8 nitrogen and oxygen atoms in total. The molecule has 36 heavy (non-hydrogen) atoms. The van der Waals surface area contributed by atoms with Crippen molar-refractivity contribution in [2.75, 3.05) is 13.2 Å². The van der Waals surface area contributed by atoms with Gasteiger partial charge in [0.2, 0.25) is 0 Å². The number of carbonyl (C=O) groups is 2. The van der Waals surface area contributed by atoms with Gasteiger partial charge >= 0.3 is 6.09 Å². The fourth-order valence-corrected chi connectivity index (χ4v) is 6.04. The van der Waals surface area contributed by atoms with Gasteiger partial charge in [-0.3, -0.25) is 9.69 Å². The fourth-order valence-electron chi connectivity index (χ4n) is 4.44. The Morgan fingerprint density at radius 3 is 2.58 bits per heavy atom. The first-order chi connectivity index (χ1) is 17.0. The number of fused-ring (bicyclic) bond motifs is 1. The number of aliphatic imine (C=N–C) groups is 1. The number of ether oxygens (including phenoxy) is 2. The van der Waals surface area contributed by atoms with Gasteiger partial charge in [0, 0.05) is 22.1 Å². The predicted octanol–water partition coefficient (Wildman–Crippen LogP) is 3.84. The van der Waals surface area contributed by atoms with Crippen LogP contribution in [-0.4, -0.2) is 62.9 Å². The lowest BCUT2D eigenvalue weighted by atomic mass is 10.0. The van der Waals surface area contributed by atoms with Crippen molar-refractivity contribution in [3.8, 4) is 22.6 Å². The summed E-state index contributed by atoms with van der Waals surface area (Å²) in [4.78, 5) is 33.9. The number of carbonyl (C=O) groups excluding carboxylic acids is 2. The molecule has 0 unspecified atom stereocenters. The molecular weight excluding hydrogens is 492 g/mol. The number of nitrogens with zero attached hydrogens (tertiary/aromatic N) is 4. The number of nitriles is 2. The summed E-state index contributed by atoms with van der Waals surface area (Å²) in [5.74, 6) is -0.646. The van der Waals surface area contributed by atoms with Crippen LogP contribution in [0.2, 0.25) is 0 Å². The van der Waals surface area contributed by atoms with Crippen LogP contribution >= 0.6 is 11.3 Å². The Labute approximate surface area is 217 Å². The normalized spacial score (nSPS) is 23.6. The van der Waals surface area contributed by atoms with Crippen LogP contribution in [0.25, 0.3) is 10.4 Å². The molecule has 4 rings (SSSR count). The lowest BCUT2D eigenvalue weighted by Gasteiger charge is -2.36. The van der Waals surface area contributed by atoms with Crippen molar-refractivity contribution in [3.63, 3.8) is 0 Å². The summed E-state index contributed by atoms with van der Waals surface area (Å²) in [6, 6.07) is 14.9. The van der Waals surface area contributed by atoms with E-state index >= 15 is 0 Å². The molecule has 183 valence electrons. The molecule has 3 radical (unpaired) electrons. The zero-order chi connectivity index (χ0) is 26.1. The van der Waals surface area contributed by atoms with Gasteiger partial charge in [0.05, 0.1) is 41.1 Å². The van der Waals surface area contributed by atoms with Crippen molar-refractivity contribution in [1.82, 2.24) is 4.90 Å². The molecule has 3 heterocycles. The number of rotatable bonds is 4. The van der Waals surface area contributed by atoms with Gasteiger partial charge < -0.3 is 9.47 Å². The van der Waals surface area contributed by atoms with Gasteiger partial charge in [0.25, 0.3) is 5.91 Å². The van der Waals surface area contributed by atoms with Crippen LogP contribution in [-0.2, 0) is 20.7 Å². The molecule has 3 atom stereocenters. The van der Waals surface area contributed by atoms with E-state index in [0.29, 0.717) is 25.2 Å². The van der Waals surface area contributed by atoms with Crippen LogP contribution in [0.15, 0.2) is 41.4 Å². The van der Waals surface area contributed by atoms with Crippen LogP contribution in [0.5, 0.6) is 0 Å². The Hall–Kier alpha value is -3.31. The Morgan fingerprint density at radius 2 is 1.94 bits per heavy atom. The summed E-state index contributed by atoms with van der Waals surface area (Å²) in [5, 5.41) is 17.3. The molecule has 0 spiro atoms. The summed E-state index contributed by atoms with van der Waals surface area (Å²) in [7, 11) is 3.58. The summed E-state index contributed by atoms with van der Waals surface area (Å²) >= 11 is 1.49. The highest BCUT2D eigenvalue weighted by Gasteiger charge is 2.58. The van der Waals surface area contributed by atoms with Gasteiger partial charge in [0.1, 0.15) is 22.5 Å². The second-order valence-corrected chi connectivity index (χ2v) is 11.9. The standard InChI is InChI=1S/C26H25N4O4SSi/c1-25(2,3)34-24(32)30-21-15-33-14-18(21)11-26(30,36)23(31)29-19(13-28)10-20-8-9-22(35-20)17-6-4-16(12-27)5-7-17/h4-9,18,21H,10-11,14-15H2,1-3H3/t18-,21+,26-/m1/s1. The van der Waals surface area contributed by atoms with Gasteiger partial charge in [-0.2, -0.15) is 10.5 Å². The van der Waals surface area contributed by atoms with Crippen molar-refractivity contribution in [3.05, 3.63) is 46.8 Å². The van der Waals surface area contributed by atoms with E-state index in [1.165, 1.54) is 16.2 Å². The molecule has 1 aromatic heterocycles. The number of likely N-dealkylation sites (tertiary alicyclic amines) is 1. The maximum Gasteiger partial charge on any atom is 0.411 e. The van der Waals surface area contributed by atoms with Crippen molar-refractivity contribution in [2.45, 2.75) is 50.4 Å². The lowest BCUT2D eigenvalue weighted by molar-refractivity contribution is -0.124. The quantitative estimate of drug-likeness (QED) is 0.449. The number of hydrogen-bond donors (Lipinski definition) is 0. The highest BCUT2D eigenvalue weighted by Crippen LogP contribution is 2.41. The number of thiophene rings is 1. The van der Waals surface area contributed by atoms with Crippen LogP contribution in [0.4, 0.5) is 4.79 Å². The number of amides is 2. The van der Waals surface area contributed by atoms with Crippen molar-refractivity contribution >= 4 is 39.3 Å². The molecule has 0 aliphatic carbocycles. The predicted molar refractivity (Wildman–Crippen MR) is 136 cm³/mol. The van der Waals surface area contributed by atoms with Gasteiger partial charge in [-0.15, -0.1) is 11.3 Å². The summed E-state index contributed by atoms with van der Waals surface area (Å²) in [6.45, 7) is 6.04. The number of hydrogen-bond acceptors (Lipinski definition) is 7. The Morgan fingerprint density at radius 1 is 1.22 bits per heavy atom. The van der Waals surface area contributed by atoms with Gasteiger partial charge in [-0.25, -0.2) is 9.79 Å². The monoisotopic (exact) mass is 517 g/mol. The first kappa shape index (κ1) is 25.8. The van der Waals surface area contributed by atoms with E-state index in [-0.39, 0.29) is 24.1 Å². The minimum Gasteiger partial charge on any atom is -0.444 e. The molecule has 10 heteroatoms. The zero-order valence-electron chi connectivity index (χ0n) is 20.3. The van der Waals surface area contributed by atoms with E-state index in [0.717, 1.165) is 15.3 Å². The third-order valence-electron chi connectivity index (χ3n) is 6.08. The summed E-state index contributed by atoms with van der Waals surface area (Å²) in [5.41, 5.74) is 0.865. The van der Waals surface area contributed by atoms with E-state index < -0.39 is 22.8 Å². The first-order valence-electron chi connectivity index (χ1n) is 11.5. The fraction of sp³-hybridized carbons (Fsp3) is 0.423. The van der Waals surface area contributed by atoms with Crippen molar-refractivity contribution in [1.29, 1.82) is 10.5 Å². The molecule has 2 aromatic rings. The maximum atomic E-state index is 13.4. The van der Waals surface area contributed by atoms with Crippen LogP contribution < -0.4 is 0 Å². The topological polar surface area (TPSA) is 116 Å². The van der Waals surface area contributed by atoms with Gasteiger partial charge in [-0.1, -0.05) is 12.1 Å². The van der Waals surface area contributed by atoms with Crippen LogP contribution in [0.3, 0.4) is 0 Å². The largest absolute Gasteiger partial charge is 0.444 e. The minimum absolute atomic E-state index is 0.0352. The van der Waals surface area contributed by atoms with Crippen LogP contribution in [0.1, 0.15) is 37.6 Å². The van der Waals surface area contributed by atoms with Crippen molar-refractivity contribution < 1.29 is 19.1 Å². The smallest absolute Gasteiger partial charge is 0.411 e. The highest BCUT2D eigenvalue weighted by molar-refractivity contribution is 7.15. The third kappa shape index (κ3) is 5.26. The first-order valence-corrected chi connectivity index (χ1v) is 12.8. The molecule has 2 fully saturated rings. The van der Waals surface area contributed by atoms with E-state index in [4.69, 9.17) is 14.7 Å². The molecule has 0 N–H and O–H groups in total. The Kier molecular flexibility index (Phi) is 7.14. The Bertz CT molecular complexity index is 1280. The van der Waals surface area contributed by atoms with Gasteiger partial charge in [-0.05, 0) is 57.0 Å². The SMILES string of the molecule is CC(C)(C)OC(=O)N1[C@H]2COC[C@H]2C[C@@]1([Si])C(=O)N=C(C#N)Cc1ccc(-c2ccc(C#N)cc2)s1. The molecule has 2 amide bonds. The van der Waals surface area contributed by atoms with Crippen LogP contribution in [0, 0.1) is 28.6 Å². The molecule has 0 saturated carbocycles. The minimum atomic E-state index is -1.41. The lowest BCUT2D eigenvalue weighted by Crippen LogP contribution is -2.57. The average molecular weight is 518 g/mol. The molecule has 2 saturated heterocycles. The summed E-state index contributed by atoms with van der Waals surface area (Å²) in [6.07, 6.45) is -0.118. The molecule has 1 aromatic carbocycles. The second-order valence-electron chi connectivity index (χ2n) is 9.89. The van der Waals surface area contributed by atoms with E-state index in [1.54, 1.807) is 32.9 Å².